The van der Waals surface area contributed by atoms with Crippen molar-refractivity contribution >= 4 is 46.1 Å². The Morgan fingerprint density at radius 2 is 1.82 bits per heavy atom. The Labute approximate surface area is 171 Å². The lowest BCUT2D eigenvalue weighted by Gasteiger charge is -2.00. The molecule has 3 aromatic carbocycles. The summed E-state index contributed by atoms with van der Waals surface area (Å²) in [7, 11) is 0. The topological polar surface area (TPSA) is 70.1 Å². The molecule has 1 heterocycles. The van der Waals surface area contributed by atoms with Crippen LogP contribution in [0, 0.1) is 0 Å². The summed E-state index contributed by atoms with van der Waals surface area (Å²) in [5.41, 5.74) is 5.01. The number of amides is 1. The molecule has 0 bridgehead atoms. The molecule has 138 valence electrons. The lowest BCUT2D eigenvalue weighted by Crippen LogP contribution is -2.18. The van der Waals surface area contributed by atoms with E-state index in [1.807, 2.05) is 42.5 Å². The average Bonchev–Trinajstić information content (AvgIpc) is 3.19. The van der Waals surface area contributed by atoms with E-state index in [9.17, 15) is 4.79 Å². The maximum Gasteiger partial charge on any atom is 0.289 e. The molecule has 28 heavy (non-hydrogen) atoms. The number of hydrogen-bond donors (Lipinski definition) is 2. The van der Waals surface area contributed by atoms with Gasteiger partial charge in [0.2, 0.25) is 0 Å². The van der Waals surface area contributed by atoms with Gasteiger partial charge in [-0.3, -0.25) is 9.89 Å². The Kier molecular flexibility index (Phi) is 5.10. The number of aromatic amines is 1. The van der Waals surface area contributed by atoms with Crippen molar-refractivity contribution in [3.63, 3.8) is 0 Å². The normalized spacial score (nSPS) is 11.2. The fraction of sp³-hybridized carbons (Fsp3) is 0. The third-order valence-corrected chi connectivity index (χ3v) is 4.76. The molecular weight excluding hydrogens is 395 g/mol. The molecule has 0 aliphatic rings. The monoisotopic (exact) mass is 408 g/mol. The van der Waals surface area contributed by atoms with E-state index < -0.39 is 5.91 Å². The zero-order chi connectivity index (χ0) is 19.5. The molecule has 7 heteroatoms. The SMILES string of the molecule is O=C(NN=Cc1ccc(Cl)cc1Cl)c1cc(-c2ccc3ccccc3c2)n[nH]1. The molecule has 0 unspecified atom stereocenters. The second-order valence-corrected chi connectivity index (χ2v) is 6.94. The van der Waals surface area contributed by atoms with Crippen molar-refractivity contribution in [2.45, 2.75) is 0 Å². The van der Waals surface area contributed by atoms with Gasteiger partial charge in [0.1, 0.15) is 5.69 Å². The number of aromatic nitrogens is 2. The van der Waals surface area contributed by atoms with Gasteiger partial charge in [-0.15, -0.1) is 0 Å². The highest BCUT2D eigenvalue weighted by molar-refractivity contribution is 6.36. The van der Waals surface area contributed by atoms with Crippen molar-refractivity contribution in [3.8, 4) is 11.3 Å². The summed E-state index contributed by atoms with van der Waals surface area (Å²) in [5, 5.41) is 14.1. The van der Waals surface area contributed by atoms with Crippen LogP contribution in [0.25, 0.3) is 22.0 Å². The number of H-pyrrole nitrogens is 1. The molecule has 0 saturated heterocycles. The molecule has 0 spiro atoms. The standard InChI is InChI=1S/C21H14Cl2N4O/c22-17-8-7-16(18(23)10-17)12-24-27-21(28)20-11-19(25-26-20)15-6-5-13-3-1-2-4-14(13)9-15/h1-12H,(H,25,26)(H,27,28). The Hall–Kier alpha value is -3.15. The Balaban J connectivity index is 1.48. The molecule has 4 aromatic rings. The van der Waals surface area contributed by atoms with Crippen LogP contribution in [0.1, 0.15) is 16.1 Å². The van der Waals surface area contributed by atoms with Gasteiger partial charge >= 0.3 is 0 Å². The van der Waals surface area contributed by atoms with Crippen molar-refractivity contribution in [2.24, 2.45) is 5.10 Å². The number of halogens is 2. The van der Waals surface area contributed by atoms with Crippen LogP contribution in [0.15, 0.2) is 71.8 Å². The molecular formula is C21H14Cl2N4O. The number of fused-ring (bicyclic) bond motifs is 1. The molecule has 0 atom stereocenters. The van der Waals surface area contributed by atoms with E-state index in [0.717, 1.165) is 16.3 Å². The van der Waals surface area contributed by atoms with Crippen LogP contribution in [-0.2, 0) is 0 Å². The van der Waals surface area contributed by atoms with Crippen molar-refractivity contribution in [3.05, 3.63) is 88.0 Å². The summed E-state index contributed by atoms with van der Waals surface area (Å²) in [6.07, 6.45) is 1.46. The average molecular weight is 409 g/mol. The van der Waals surface area contributed by atoms with Gasteiger partial charge in [-0.1, -0.05) is 65.7 Å². The zero-order valence-corrected chi connectivity index (χ0v) is 16.0. The maximum absolute atomic E-state index is 12.3. The Morgan fingerprint density at radius 1 is 1.00 bits per heavy atom. The number of nitrogens with one attached hydrogen (secondary N) is 2. The quantitative estimate of drug-likeness (QED) is 0.355. The molecule has 0 aliphatic carbocycles. The van der Waals surface area contributed by atoms with E-state index in [4.69, 9.17) is 23.2 Å². The van der Waals surface area contributed by atoms with Gasteiger partial charge < -0.3 is 0 Å². The minimum atomic E-state index is -0.402. The number of benzene rings is 3. The van der Waals surface area contributed by atoms with Crippen molar-refractivity contribution in [1.82, 2.24) is 15.6 Å². The third-order valence-electron chi connectivity index (χ3n) is 4.20. The minimum Gasteiger partial charge on any atom is -0.272 e. The summed E-state index contributed by atoms with van der Waals surface area (Å²) < 4.78 is 0. The number of rotatable bonds is 4. The van der Waals surface area contributed by atoms with Gasteiger partial charge in [0, 0.05) is 16.1 Å². The minimum absolute atomic E-state index is 0.308. The van der Waals surface area contributed by atoms with Crippen LogP contribution in [0.5, 0.6) is 0 Å². The van der Waals surface area contributed by atoms with Gasteiger partial charge in [-0.2, -0.15) is 10.2 Å². The van der Waals surface area contributed by atoms with Crippen LogP contribution in [0.4, 0.5) is 0 Å². The predicted octanol–water partition coefficient (Wildman–Crippen LogP) is 5.30. The first-order valence-electron chi connectivity index (χ1n) is 8.43. The fourth-order valence-corrected chi connectivity index (χ4v) is 3.22. The van der Waals surface area contributed by atoms with Crippen LogP contribution < -0.4 is 5.43 Å². The lowest BCUT2D eigenvalue weighted by molar-refractivity contribution is 0.0950. The number of hydrazone groups is 1. The summed E-state index contributed by atoms with van der Waals surface area (Å²) in [4.78, 5) is 12.3. The number of hydrogen-bond acceptors (Lipinski definition) is 3. The lowest BCUT2D eigenvalue weighted by atomic mass is 10.1. The second-order valence-electron chi connectivity index (χ2n) is 6.09. The zero-order valence-electron chi connectivity index (χ0n) is 14.5. The van der Waals surface area contributed by atoms with Crippen LogP contribution >= 0.6 is 23.2 Å². The summed E-state index contributed by atoms with van der Waals surface area (Å²) in [5.74, 6) is -0.402. The van der Waals surface area contributed by atoms with E-state index in [1.165, 1.54) is 6.21 Å². The first-order valence-corrected chi connectivity index (χ1v) is 9.19. The number of nitrogens with zero attached hydrogens (tertiary/aromatic N) is 2. The Morgan fingerprint density at radius 3 is 2.64 bits per heavy atom. The van der Waals surface area contributed by atoms with Crippen molar-refractivity contribution in [2.75, 3.05) is 0 Å². The molecule has 0 aliphatic heterocycles. The second kappa shape index (κ2) is 7.84. The first kappa shape index (κ1) is 18.2. The number of carbonyl (C=O) groups is 1. The van der Waals surface area contributed by atoms with E-state index in [1.54, 1.807) is 24.3 Å². The van der Waals surface area contributed by atoms with Gasteiger partial charge in [-0.05, 0) is 35.0 Å². The molecule has 1 aromatic heterocycles. The molecule has 2 N–H and O–H groups in total. The summed E-state index contributed by atoms with van der Waals surface area (Å²) in [6.45, 7) is 0. The maximum atomic E-state index is 12.3. The number of carbonyl (C=O) groups excluding carboxylic acids is 1. The van der Waals surface area contributed by atoms with Gasteiger partial charge in [0.15, 0.2) is 0 Å². The van der Waals surface area contributed by atoms with Crippen LogP contribution in [0.3, 0.4) is 0 Å². The summed E-state index contributed by atoms with van der Waals surface area (Å²) in [6, 6.07) is 20.8. The van der Waals surface area contributed by atoms with Crippen LogP contribution in [0.2, 0.25) is 10.0 Å². The first-order chi connectivity index (χ1) is 13.6. The molecule has 1 amide bonds. The van der Waals surface area contributed by atoms with E-state index in [-0.39, 0.29) is 0 Å². The van der Waals surface area contributed by atoms with E-state index >= 15 is 0 Å². The molecule has 0 fully saturated rings. The van der Waals surface area contributed by atoms with Gasteiger partial charge in [0.05, 0.1) is 16.9 Å². The highest BCUT2D eigenvalue weighted by Gasteiger charge is 2.11. The van der Waals surface area contributed by atoms with E-state index in [0.29, 0.717) is 27.0 Å². The van der Waals surface area contributed by atoms with Crippen molar-refractivity contribution in [1.29, 1.82) is 0 Å². The summed E-state index contributed by atoms with van der Waals surface area (Å²) >= 11 is 11.9. The highest BCUT2D eigenvalue weighted by atomic mass is 35.5. The Bertz CT molecular complexity index is 1200. The highest BCUT2D eigenvalue weighted by Crippen LogP contribution is 2.23. The van der Waals surface area contributed by atoms with Crippen LogP contribution in [-0.4, -0.2) is 22.3 Å². The molecule has 0 radical (unpaired) electrons. The molecule has 5 nitrogen and oxygen atoms in total. The van der Waals surface area contributed by atoms with E-state index in [2.05, 4.69) is 20.7 Å². The molecule has 4 rings (SSSR count). The van der Waals surface area contributed by atoms with Gasteiger partial charge in [-0.25, -0.2) is 5.43 Å². The predicted molar refractivity (Wildman–Crippen MR) is 113 cm³/mol. The third kappa shape index (κ3) is 3.91. The largest absolute Gasteiger partial charge is 0.289 e. The van der Waals surface area contributed by atoms with Crippen molar-refractivity contribution < 1.29 is 4.79 Å². The van der Waals surface area contributed by atoms with Gasteiger partial charge in [0.25, 0.3) is 5.91 Å². The fourth-order valence-electron chi connectivity index (χ4n) is 2.76. The smallest absolute Gasteiger partial charge is 0.272 e. The molecule has 0 saturated carbocycles.